The number of ether oxygens (including phenoxy) is 1. The van der Waals surface area contributed by atoms with Gasteiger partial charge in [0.05, 0.1) is 0 Å². The first-order valence-electron chi connectivity index (χ1n) is 10.1. The van der Waals surface area contributed by atoms with Crippen LogP contribution in [0, 0.1) is 0 Å². The van der Waals surface area contributed by atoms with Crippen molar-refractivity contribution in [1.29, 1.82) is 0 Å². The number of aromatic nitrogens is 3. The van der Waals surface area contributed by atoms with Crippen molar-refractivity contribution >= 4 is 34.7 Å². The van der Waals surface area contributed by atoms with E-state index in [1.54, 1.807) is 31.3 Å². The lowest BCUT2D eigenvalue weighted by Gasteiger charge is -2.23. The lowest BCUT2D eigenvalue weighted by molar-refractivity contribution is -0.121. The van der Waals surface area contributed by atoms with Gasteiger partial charge < -0.3 is 19.4 Å². The van der Waals surface area contributed by atoms with Crippen molar-refractivity contribution < 1.29 is 18.7 Å². The maximum atomic E-state index is 12.5. The van der Waals surface area contributed by atoms with Crippen LogP contribution in [-0.4, -0.2) is 51.2 Å². The van der Waals surface area contributed by atoms with Crippen LogP contribution >= 0.6 is 11.6 Å². The van der Waals surface area contributed by atoms with Crippen molar-refractivity contribution in [1.82, 2.24) is 25.4 Å². The Bertz CT molecular complexity index is 1100. The number of carbonyl (C=O) groups excluding carboxylic acids is 2. The lowest BCUT2D eigenvalue weighted by atomic mass is 10.2. The summed E-state index contributed by atoms with van der Waals surface area (Å²) >= 11 is 5.97. The summed E-state index contributed by atoms with van der Waals surface area (Å²) in [6, 6.07) is 8.39. The fourth-order valence-corrected chi connectivity index (χ4v) is 3.74. The van der Waals surface area contributed by atoms with Crippen molar-refractivity contribution in [3.05, 3.63) is 35.4 Å². The molecule has 2 atom stereocenters. The summed E-state index contributed by atoms with van der Waals surface area (Å²) in [7, 11) is 1.68. The van der Waals surface area contributed by atoms with Crippen LogP contribution in [0.15, 0.2) is 34.7 Å². The Balaban J connectivity index is 1.37. The molecule has 2 aromatic heterocycles. The fourth-order valence-electron chi connectivity index (χ4n) is 3.58. The zero-order valence-corrected chi connectivity index (χ0v) is 17.9. The van der Waals surface area contributed by atoms with E-state index >= 15 is 0 Å². The van der Waals surface area contributed by atoms with Gasteiger partial charge in [-0.05, 0) is 37.5 Å². The summed E-state index contributed by atoms with van der Waals surface area (Å²) in [5, 5.41) is 11.5. The molecule has 2 heterocycles. The number of halogens is 1. The Hall–Kier alpha value is -3.20. The molecule has 1 N–H and O–H groups in total. The largest absolute Gasteiger partial charge is 0.435 e. The number of benzene rings is 1. The summed E-state index contributed by atoms with van der Waals surface area (Å²) in [5.41, 5.74) is 1.61. The SMILES string of the molecule is CCC(=O)N[C@H]1CC[C@@H](N(C)C(=O)Oc2ccc(-c3nc4ccc(Cl)cc4o3)nn2)C1. The average Bonchev–Trinajstić information content (AvgIpc) is 3.40. The van der Waals surface area contributed by atoms with Gasteiger partial charge in [0.25, 0.3) is 0 Å². The van der Waals surface area contributed by atoms with Gasteiger partial charge in [-0.1, -0.05) is 18.5 Å². The Kier molecular flexibility index (Phi) is 6.03. The lowest BCUT2D eigenvalue weighted by Crippen LogP contribution is -2.39. The maximum Gasteiger partial charge on any atom is 0.416 e. The molecule has 0 bridgehead atoms. The van der Waals surface area contributed by atoms with Gasteiger partial charge in [-0.15, -0.1) is 10.2 Å². The van der Waals surface area contributed by atoms with Crippen molar-refractivity contribution in [2.75, 3.05) is 7.05 Å². The molecule has 162 valence electrons. The number of hydrogen-bond acceptors (Lipinski definition) is 7. The number of nitrogens with one attached hydrogen (secondary N) is 1. The van der Waals surface area contributed by atoms with Crippen molar-refractivity contribution in [2.45, 2.75) is 44.7 Å². The number of nitrogens with zero attached hydrogens (tertiary/aromatic N) is 4. The zero-order valence-electron chi connectivity index (χ0n) is 17.2. The monoisotopic (exact) mass is 443 g/mol. The second-order valence-corrected chi connectivity index (χ2v) is 7.89. The molecular formula is C21H22ClN5O4. The molecule has 1 aliphatic carbocycles. The molecule has 1 fully saturated rings. The third-order valence-electron chi connectivity index (χ3n) is 5.33. The minimum atomic E-state index is -0.522. The van der Waals surface area contributed by atoms with E-state index < -0.39 is 6.09 Å². The summed E-state index contributed by atoms with van der Waals surface area (Å²) in [6.07, 6.45) is 2.26. The minimum Gasteiger partial charge on any atom is -0.435 e. The molecule has 1 saturated carbocycles. The van der Waals surface area contributed by atoms with Gasteiger partial charge >= 0.3 is 6.09 Å². The summed E-state index contributed by atoms with van der Waals surface area (Å²) in [5.74, 6) is 0.396. The molecule has 1 aromatic carbocycles. The second kappa shape index (κ2) is 8.89. The van der Waals surface area contributed by atoms with E-state index in [0.717, 1.165) is 12.8 Å². The molecular weight excluding hydrogens is 422 g/mol. The third-order valence-corrected chi connectivity index (χ3v) is 5.56. The van der Waals surface area contributed by atoms with Crippen LogP contribution in [0.1, 0.15) is 32.6 Å². The molecule has 2 amide bonds. The molecule has 0 aliphatic heterocycles. The topological polar surface area (TPSA) is 110 Å². The molecule has 3 aromatic rings. The van der Waals surface area contributed by atoms with Gasteiger partial charge in [-0.3, -0.25) is 4.79 Å². The predicted octanol–water partition coefficient (Wildman–Crippen LogP) is 3.82. The molecule has 0 saturated heterocycles. The fraction of sp³-hybridized carbons (Fsp3) is 0.381. The number of oxazole rings is 1. The predicted molar refractivity (Wildman–Crippen MR) is 114 cm³/mol. The van der Waals surface area contributed by atoms with Crippen LogP contribution in [0.25, 0.3) is 22.7 Å². The highest BCUT2D eigenvalue weighted by molar-refractivity contribution is 6.31. The van der Waals surface area contributed by atoms with Crippen molar-refractivity contribution in [2.24, 2.45) is 0 Å². The van der Waals surface area contributed by atoms with Crippen LogP contribution in [0.5, 0.6) is 5.88 Å². The number of carbonyl (C=O) groups is 2. The van der Waals surface area contributed by atoms with E-state index in [1.165, 1.54) is 11.0 Å². The standard InChI is InChI=1S/C21H22ClN5O4/c1-3-18(28)23-13-5-6-14(11-13)27(2)21(29)31-19-9-8-16(25-26-19)20-24-15-7-4-12(22)10-17(15)30-20/h4,7-10,13-14H,3,5-6,11H2,1-2H3,(H,23,28)/t13-,14+/m0/s1. The van der Waals surface area contributed by atoms with Crippen molar-refractivity contribution in [3.8, 4) is 17.5 Å². The quantitative estimate of drug-likeness (QED) is 0.638. The Labute approximate surface area is 183 Å². The van der Waals surface area contributed by atoms with Gasteiger partial charge in [0, 0.05) is 42.7 Å². The first-order chi connectivity index (χ1) is 14.9. The van der Waals surface area contributed by atoms with Crippen LogP contribution in [0.4, 0.5) is 4.79 Å². The van der Waals surface area contributed by atoms with Gasteiger partial charge in [-0.2, -0.15) is 0 Å². The van der Waals surface area contributed by atoms with E-state index in [4.69, 9.17) is 20.8 Å². The van der Waals surface area contributed by atoms with Crippen LogP contribution in [0.2, 0.25) is 5.02 Å². The van der Waals surface area contributed by atoms with E-state index in [1.807, 2.05) is 6.92 Å². The van der Waals surface area contributed by atoms with E-state index in [9.17, 15) is 9.59 Å². The number of hydrogen-bond donors (Lipinski definition) is 1. The maximum absolute atomic E-state index is 12.5. The van der Waals surface area contributed by atoms with E-state index in [2.05, 4.69) is 20.5 Å². The molecule has 0 spiro atoms. The highest BCUT2D eigenvalue weighted by atomic mass is 35.5. The van der Waals surface area contributed by atoms with Gasteiger partial charge in [-0.25, -0.2) is 9.78 Å². The third kappa shape index (κ3) is 4.77. The van der Waals surface area contributed by atoms with Crippen LogP contribution in [-0.2, 0) is 4.79 Å². The first-order valence-corrected chi connectivity index (χ1v) is 10.4. The smallest absolute Gasteiger partial charge is 0.416 e. The second-order valence-electron chi connectivity index (χ2n) is 7.45. The number of fused-ring (bicyclic) bond motifs is 1. The minimum absolute atomic E-state index is 0.00605. The number of amides is 2. The average molecular weight is 444 g/mol. The van der Waals surface area contributed by atoms with Gasteiger partial charge in [0.15, 0.2) is 5.58 Å². The molecule has 0 radical (unpaired) electrons. The zero-order chi connectivity index (χ0) is 22.0. The summed E-state index contributed by atoms with van der Waals surface area (Å²) in [4.78, 5) is 30.0. The molecule has 0 unspecified atom stereocenters. The molecule has 1 aliphatic rings. The molecule has 10 heteroatoms. The van der Waals surface area contributed by atoms with Crippen molar-refractivity contribution in [3.63, 3.8) is 0 Å². The van der Waals surface area contributed by atoms with E-state index in [0.29, 0.717) is 40.5 Å². The van der Waals surface area contributed by atoms with Crippen LogP contribution in [0.3, 0.4) is 0 Å². The highest BCUT2D eigenvalue weighted by Gasteiger charge is 2.31. The molecule has 4 rings (SSSR count). The van der Waals surface area contributed by atoms with E-state index in [-0.39, 0.29) is 23.9 Å². The molecule has 31 heavy (non-hydrogen) atoms. The Morgan fingerprint density at radius 1 is 1.26 bits per heavy atom. The molecule has 9 nitrogen and oxygen atoms in total. The van der Waals surface area contributed by atoms with Crippen LogP contribution < -0.4 is 10.1 Å². The Morgan fingerprint density at radius 3 is 2.84 bits per heavy atom. The first kappa shape index (κ1) is 21.0. The Morgan fingerprint density at radius 2 is 2.10 bits per heavy atom. The van der Waals surface area contributed by atoms with Gasteiger partial charge in [0.2, 0.25) is 17.7 Å². The number of rotatable bonds is 5. The van der Waals surface area contributed by atoms with Gasteiger partial charge in [0.1, 0.15) is 11.2 Å². The normalized spacial score (nSPS) is 18.2. The summed E-state index contributed by atoms with van der Waals surface area (Å²) < 4.78 is 11.0. The highest BCUT2D eigenvalue weighted by Crippen LogP contribution is 2.26. The summed E-state index contributed by atoms with van der Waals surface area (Å²) in [6.45, 7) is 1.82.